The van der Waals surface area contributed by atoms with Crippen LogP contribution in [0.25, 0.3) is 5.69 Å². The summed E-state index contributed by atoms with van der Waals surface area (Å²) in [5.41, 5.74) is 9.24. The van der Waals surface area contributed by atoms with E-state index in [0.717, 1.165) is 27.1 Å². The van der Waals surface area contributed by atoms with Crippen LogP contribution in [0.4, 0.5) is 5.69 Å². The molecule has 0 radical (unpaired) electrons. The Morgan fingerprint density at radius 1 is 0.967 bits per heavy atom. The van der Waals surface area contributed by atoms with Crippen LogP contribution in [0.15, 0.2) is 58.1 Å². The van der Waals surface area contributed by atoms with Gasteiger partial charge < -0.3 is 9.88 Å². The van der Waals surface area contributed by atoms with Gasteiger partial charge in [0.25, 0.3) is 0 Å². The van der Waals surface area contributed by atoms with Crippen LogP contribution < -0.4 is 10.7 Å². The zero-order valence-electron chi connectivity index (χ0n) is 17.3. The molecule has 1 aromatic heterocycles. The molecule has 3 rings (SSSR count). The van der Waals surface area contributed by atoms with E-state index in [4.69, 9.17) is 0 Å². The molecule has 30 heavy (non-hydrogen) atoms. The van der Waals surface area contributed by atoms with Gasteiger partial charge in [-0.2, -0.15) is 5.10 Å². The van der Waals surface area contributed by atoms with Crippen LogP contribution >= 0.6 is 15.9 Å². The number of aromatic nitrogens is 1. The molecule has 0 bridgehead atoms. The number of rotatable bonds is 4. The van der Waals surface area contributed by atoms with Gasteiger partial charge in [-0.05, 0) is 69.2 Å². The number of anilines is 1. The predicted octanol–water partition coefficient (Wildman–Crippen LogP) is 4.56. The second-order valence-corrected chi connectivity index (χ2v) is 7.98. The standard InChI is InChI=1S/C23H23BrN4O2/c1-14-6-5-7-15(2)21(14)28-16(3)12-18(17(28)4)13-25-27-23(30)22(29)26-20-10-8-19(24)9-11-20/h5-13H,1-4H3,(H,26,29)(H,27,30). The fourth-order valence-corrected chi connectivity index (χ4v) is 3.62. The Bertz CT molecular complexity index is 1110. The van der Waals surface area contributed by atoms with Crippen molar-refractivity contribution in [3.8, 4) is 5.69 Å². The Balaban J connectivity index is 1.72. The highest BCUT2D eigenvalue weighted by Gasteiger charge is 2.15. The molecular formula is C23H23BrN4O2. The number of hydrogen-bond donors (Lipinski definition) is 2. The molecule has 0 atom stereocenters. The fourth-order valence-electron chi connectivity index (χ4n) is 3.35. The first-order valence-corrected chi connectivity index (χ1v) is 10.2. The molecule has 2 aromatic carbocycles. The highest BCUT2D eigenvalue weighted by atomic mass is 79.9. The van der Waals surface area contributed by atoms with E-state index in [1.54, 1.807) is 30.5 Å². The minimum absolute atomic E-state index is 0.527. The lowest BCUT2D eigenvalue weighted by molar-refractivity contribution is -0.136. The molecule has 0 aliphatic heterocycles. The van der Waals surface area contributed by atoms with Crippen molar-refractivity contribution in [3.05, 3.63) is 81.1 Å². The number of carbonyl (C=O) groups excluding carboxylic acids is 2. The average Bonchev–Trinajstić information content (AvgIpc) is 2.97. The molecule has 6 nitrogen and oxygen atoms in total. The average molecular weight is 467 g/mol. The van der Waals surface area contributed by atoms with Gasteiger partial charge in [0.05, 0.1) is 11.9 Å². The summed E-state index contributed by atoms with van der Waals surface area (Å²) < 4.78 is 3.06. The summed E-state index contributed by atoms with van der Waals surface area (Å²) in [6.45, 7) is 8.20. The SMILES string of the molecule is Cc1cccc(C)c1-n1c(C)cc(C=NNC(=O)C(=O)Nc2ccc(Br)cc2)c1C. The van der Waals surface area contributed by atoms with Crippen LogP contribution in [0.1, 0.15) is 28.1 Å². The number of para-hydroxylation sites is 1. The zero-order chi connectivity index (χ0) is 21.8. The van der Waals surface area contributed by atoms with Crippen molar-refractivity contribution in [2.45, 2.75) is 27.7 Å². The molecule has 2 N–H and O–H groups in total. The third-order valence-corrected chi connectivity index (χ3v) is 5.34. The van der Waals surface area contributed by atoms with Crippen molar-refractivity contribution in [3.63, 3.8) is 0 Å². The van der Waals surface area contributed by atoms with Gasteiger partial charge in [0.1, 0.15) is 0 Å². The van der Waals surface area contributed by atoms with Crippen molar-refractivity contribution in [1.29, 1.82) is 0 Å². The summed E-state index contributed by atoms with van der Waals surface area (Å²) in [4.78, 5) is 24.0. The number of aryl methyl sites for hydroxylation is 3. The summed E-state index contributed by atoms with van der Waals surface area (Å²) in [7, 11) is 0. The monoisotopic (exact) mass is 466 g/mol. The molecule has 0 saturated heterocycles. The minimum atomic E-state index is -0.835. The highest BCUT2D eigenvalue weighted by molar-refractivity contribution is 9.10. The zero-order valence-corrected chi connectivity index (χ0v) is 18.9. The van der Waals surface area contributed by atoms with Crippen LogP contribution in [-0.2, 0) is 9.59 Å². The molecule has 0 aliphatic rings. The molecule has 0 fully saturated rings. The van der Waals surface area contributed by atoms with E-state index < -0.39 is 11.8 Å². The molecule has 1 heterocycles. The summed E-state index contributed by atoms with van der Waals surface area (Å²) >= 11 is 3.32. The smallest absolute Gasteiger partial charge is 0.318 e. The number of nitrogens with zero attached hydrogens (tertiary/aromatic N) is 2. The molecule has 0 unspecified atom stereocenters. The summed E-state index contributed by atoms with van der Waals surface area (Å²) in [6.07, 6.45) is 1.55. The topological polar surface area (TPSA) is 75.5 Å². The van der Waals surface area contributed by atoms with Gasteiger partial charge in [0.15, 0.2) is 0 Å². The Labute approximate surface area is 184 Å². The molecule has 3 aromatic rings. The van der Waals surface area contributed by atoms with Gasteiger partial charge >= 0.3 is 11.8 Å². The van der Waals surface area contributed by atoms with Gasteiger partial charge in [-0.3, -0.25) is 9.59 Å². The highest BCUT2D eigenvalue weighted by Crippen LogP contribution is 2.25. The Morgan fingerprint density at radius 3 is 2.23 bits per heavy atom. The molecule has 0 saturated carbocycles. The quantitative estimate of drug-likeness (QED) is 0.335. The Hall–Kier alpha value is -3.19. The fraction of sp³-hybridized carbons (Fsp3) is 0.174. The summed E-state index contributed by atoms with van der Waals surface area (Å²) in [5.74, 6) is -1.62. The Morgan fingerprint density at radius 2 is 1.60 bits per heavy atom. The number of benzene rings is 2. The van der Waals surface area contributed by atoms with E-state index in [0.29, 0.717) is 5.69 Å². The van der Waals surface area contributed by atoms with Crippen LogP contribution in [-0.4, -0.2) is 22.6 Å². The van der Waals surface area contributed by atoms with E-state index in [9.17, 15) is 9.59 Å². The molecule has 7 heteroatoms. The second kappa shape index (κ2) is 9.09. The maximum Gasteiger partial charge on any atom is 0.329 e. The third kappa shape index (κ3) is 4.68. The lowest BCUT2D eigenvalue weighted by atomic mass is 10.1. The van der Waals surface area contributed by atoms with Crippen molar-refractivity contribution < 1.29 is 9.59 Å². The maximum absolute atomic E-state index is 12.0. The molecule has 0 aliphatic carbocycles. The molecule has 154 valence electrons. The number of hydrogen-bond acceptors (Lipinski definition) is 3. The summed E-state index contributed by atoms with van der Waals surface area (Å²) in [5, 5.41) is 6.49. The van der Waals surface area contributed by atoms with Crippen molar-refractivity contribution in [2.75, 3.05) is 5.32 Å². The third-order valence-electron chi connectivity index (χ3n) is 4.81. The van der Waals surface area contributed by atoms with Gasteiger partial charge in [0.2, 0.25) is 0 Å². The number of hydrazone groups is 1. The van der Waals surface area contributed by atoms with Crippen molar-refractivity contribution >= 4 is 39.6 Å². The van der Waals surface area contributed by atoms with Crippen molar-refractivity contribution in [2.24, 2.45) is 5.10 Å². The second-order valence-electron chi connectivity index (χ2n) is 7.06. The largest absolute Gasteiger partial charge is 0.329 e. The first kappa shape index (κ1) is 21.5. The number of nitrogens with one attached hydrogen (secondary N) is 2. The van der Waals surface area contributed by atoms with E-state index in [-0.39, 0.29) is 0 Å². The number of halogens is 1. The first-order valence-electron chi connectivity index (χ1n) is 9.43. The predicted molar refractivity (Wildman–Crippen MR) is 123 cm³/mol. The van der Waals surface area contributed by atoms with Gasteiger partial charge in [-0.15, -0.1) is 0 Å². The number of amides is 2. The van der Waals surface area contributed by atoms with Crippen molar-refractivity contribution in [1.82, 2.24) is 9.99 Å². The van der Waals surface area contributed by atoms with Crippen LogP contribution in [0.3, 0.4) is 0 Å². The maximum atomic E-state index is 12.0. The van der Waals surface area contributed by atoms with Crippen LogP contribution in [0, 0.1) is 27.7 Å². The van der Waals surface area contributed by atoms with Gasteiger partial charge in [-0.1, -0.05) is 34.1 Å². The molecular weight excluding hydrogens is 444 g/mol. The van der Waals surface area contributed by atoms with E-state index >= 15 is 0 Å². The molecule has 0 spiro atoms. The Kier molecular flexibility index (Phi) is 6.52. The van der Waals surface area contributed by atoms with Crippen LogP contribution in [0.5, 0.6) is 0 Å². The molecule has 2 amide bonds. The van der Waals surface area contributed by atoms with E-state index in [1.807, 2.05) is 26.0 Å². The van der Waals surface area contributed by atoms with E-state index in [1.165, 1.54) is 11.1 Å². The van der Waals surface area contributed by atoms with Gasteiger partial charge in [-0.25, -0.2) is 5.43 Å². The minimum Gasteiger partial charge on any atom is -0.318 e. The summed E-state index contributed by atoms with van der Waals surface area (Å²) in [6, 6.07) is 15.1. The lowest BCUT2D eigenvalue weighted by Gasteiger charge is -2.15. The normalized spacial score (nSPS) is 11.0. The van der Waals surface area contributed by atoms with Crippen LogP contribution in [0.2, 0.25) is 0 Å². The number of carbonyl (C=O) groups is 2. The lowest BCUT2D eigenvalue weighted by Crippen LogP contribution is -2.32. The van der Waals surface area contributed by atoms with E-state index in [2.05, 4.69) is 62.3 Å². The first-order chi connectivity index (χ1) is 14.3. The van der Waals surface area contributed by atoms with Gasteiger partial charge in [0, 0.05) is 27.1 Å².